The summed E-state index contributed by atoms with van der Waals surface area (Å²) in [6.45, 7) is 0. The van der Waals surface area contributed by atoms with E-state index in [0.29, 0.717) is 23.1 Å². The molecule has 1 N–H and O–H groups in total. The number of carbonyl (C=O) groups is 2. The third-order valence-corrected chi connectivity index (χ3v) is 4.15. The zero-order chi connectivity index (χ0) is 16.2. The highest BCUT2D eigenvalue weighted by Crippen LogP contribution is 2.35. The zero-order valence-corrected chi connectivity index (χ0v) is 14.0. The molecule has 2 aromatic carbocycles. The van der Waals surface area contributed by atoms with Crippen LogP contribution in [0.4, 0.5) is 0 Å². The van der Waals surface area contributed by atoms with Crippen molar-refractivity contribution in [1.29, 1.82) is 0 Å². The Balaban J connectivity index is 1.97. The molecule has 1 aliphatic rings. The Morgan fingerprint density at radius 1 is 1.09 bits per heavy atom. The lowest BCUT2D eigenvalue weighted by atomic mass is 9.91. The standard InChI is InChI=1S/C18H16BrNO3/c19-11-10-15(21)20-16-17(22)13-8-4-5-9-14(13)23-18(16)12-6-2-1-3-7-12/h1-9,16,18H,10-11H2,(H,20,21)/t16-,18-/m1/s1. The molecule has 1 heterocycles. The predicted molar refractivity (Wildman–Crippen MR) is 90.9 cm³/mol. The molecule has 0 radical (unpaired) electrons. The number of carbonyl (C=O) groups excluding carboxylic acids is 2. The highest BCUT2D eigenvalue weighted by molar-refractivity contribution is 9.09. The topological polar surface area (TPSA) is 55.4 Å². The van der Waals surface area contributed by atoms with Crippen LogP contribution in [0.3, 0.4) is 0 Å². The van der Waals surface area contributed by atoms with E-state index in [0.717, 1.165) is 5.56 Å². The van der Waals surface area contributed by atoms with Crippen LogP contribution >= 0.6 is 15.9 Å². The average molecular weight is 374 g/mol. The summed E-state index contributed by atoms with van der Waals surface area (Å²) in [5, 5.41) is 3.36. The van der Waals surface area contributed by atoms with E-state index in [4.69, 9.17) is 4.74 Å². The van der Waals surface area contributed by atoms with Crippen LogP contribution < -0.4 is 10.1 Å². The first kappa shape index (κ1) is 15.7. The van der Waals surface area contributed by atoms with Crippen molar-refractivity contribution in [2.45, 2.75) is 18.6 Å². The molecule has 3 rings (SSSR count). The largest absolute Gasteiger partial charge is 0.482 e. The Bertz CT molecular complexity index is 717. The van der Waals surface area contributed by atoms with Gasteiger partial charge in [0.15, 0.2) is 11.9 Å². The molecule has 0 spiro atoms. The molecule has 118 valence electrons. The second-order valence-corrected chi connectivity index (χ2v) is 6.09. The molecule has 0 aromatic heterocycles. The molecule has 1 amide bonds. The number of ether oxygens (including phenoxy) is 1. The van der Waals surface area contributed by atoms with E-state index >= 15 is 0 Å². The Morgan fingerprint density at radius 3 is 2.52 bits per heavy atom. The molecule has 0 bridgehead atoms. The number of halogens is 1. The van der Waals surface area contributed by atoms with Gasteiger partial charge in [0.1, 0.15) is 11.8 Å². The number of nitrogens with one attached hydrogen (secondary N) is 1. The number of ketones is 1. The Labute approximate surface area is 143 Å². The maximum atomic E-state index is 12.8. The van der Waals surface area contributed by atoms with Gasteiger partial charge in [-0.25, -0.2) is 0 Å². The molecule has 23 heavy (non-hydrogen) atoms. The smallest absolute Gasteiger partial charge is 0.221 e. The van der Waals surface area contributed by atoms with Crippen LogP contribution in [0.1, 0.15) is 28.4 Å². The number of fused-ring (bicyclic) bond motifs is 1. The first-order valence-corrected chi connectivity index (χ1v) is 8.53. The van der Waals surface area contributed by atoms with Crippen LogP contribution in [0.15, 0.2) is 54.6 Å². The second-order valence-electron chi connectivity index (χ2n) is 5.29. The molecular formula is C18H16BrNO3. The third-order valence-electron chi connectivity index (χ3n) is 3.76. The third kappa shape index (κ3) is 3.29. The van der Waals surface area contributed by atoms with Crippen molar-refractivity contribution >= 4 is 27.6 Å². The number of benzene rings is 2. The van der Waals surface area contributed by atoms with Gasteiger partial charge in [-0.3, -0.25) is 9.59 Å². The van der Waals surface area contributed by atoms with Gasteiger partial charge >= 0.3 is 0 Å². The summed E-state index contributed by atoms with van der Waals surface area (Å²) in [6.07, 6.45) is -0.217. The fraction of sp³-hybridized carbons (Fsp3) is 0.222. The summed E-state index contributed by atoms with van der Waals surface area (Å²) < 4.78 is 6.03. The van der Waals surface area contributed by atoms with Gasteiger partial charge in [0.2, 0.25) is 5.91 Å². The van der Waals surface area contributed by atoms with Gasteiger partial charge in [-0.1, -0.05) is 58.4 Å². The van der Waals surface area contributed by atoms with E-state index in [2.05, 4.69) is 21.2 Å². The van der Waals surface area contributed by atoms with Crippen molar-refractivity contribution in [3.63, 3.8) is 0 Å². The molecule has 0 fully saturated rings. The normalized spacial score (nSPS) is 19.6. The van der Waals surface area contributed by atoms with Gasteiger partial charge in [-0.2, -0.15) is 0 Å². The number of alkyl halides is 1. The quantitative estimate of drug-likeness (QED) is 0.836. The van der Waals surface area contributed by atoms with E-state index in [1.165, 1.54) is 0 Å². The minimum atomic E-state index is -0.723. The maximum absolute atomic E-state index is 12.8. The number of hydrogen-bond donors (Lipinski definition) is 1. The number of Topliss-reactive ketones (excluding diaryl/α,β-unsaturated/α-hetero) is 1. The van der Waals surface area contributed by atoms with Crippen LogP contribution in [-0.2, 0) is 4.79 Å². The van der Waals surface area contributed by atoms with Crippen molar-refractivity contribution in [2.75, 3.05) is 5.33 Å². The molecule has 4 nitrogen and oxygen atoms in total. The van der Waals surface area contributed by atoms with Crippen molar-refractivity contribution in [2.24, 2.45) is 0 Å². The number of rotatable bonds is 4. The number of amides is 1. The van der Waals surface area contributed by atoms with Crippen LogP contribution in [0, 0.1) is 0 Å². The monoisotopic (exact) mass is 373 g/mol. The number of hydrogen-bond acceptors (Lipinski definition) is 3. The summed E-state index contributed by atoms with van der Waals surface area (Å²) >= 11 is 3.24. The lowest BCUT2D eigenvalue weighted by molar-refractivity contribution is -0.121. The van der Waals surface area contributed by atoms with E-state index < -0.39 is 12.1 Å². The fourth-order valence-corrected chi connectivity index (χ4v) is 3.02. The Hall–Kier alpha value is -2.14. The van der Waals surface area contributed by atoms with Gasteiger partial charge in [0, 0.05) is 11.8 Å². The second kappa shape index (κ2) is 6.96. The molecular weight excluding hydrogens is 358 g/mol. The molecule has 5 heteroatoms. The van der Waals surface area contributed by atoms with E-state index in [-0.39, 0.29) is 11.7 Å². The van der Waals surface area contributed by atoms with Gasteiger partial charge in [0.25, 0.3) is 0 Å². The minimum Gasteiger partial charge on any atom is -0.482 e. The lowest BCUT2D eigenvalue weighted by Gasteiger charge is -2.33. The average Bonchev–Trinajstić information content (AvgIpc) is 2.58. The Morgan fingerprint density at radius 2 is 1.78 bits per heavy atom. The van der Waals surface area contributed by atoms with Gasteiger partial charge in [-0.05, 0) is 17.7 Å². The molecule has 0 aliphatic carbocycles. The summed E-state index contributed by atoms with van der Waals surface area (Å²) in [5.41, 5.74) is 1.36. The van der Waals surface area contributed by atoms with Gasteiger partial charge in [0.05, 0.1) is 5.56 Å². The molecule has 1 aliphatic heterocycles. The van der Waals surface area contributed by atoms with Crippen LogP contribution in [0.2, 0.25) is 0 Å². The molecule has 0 unspecified atom stereocenters. The summed E-state index contributed by atoms with van der Waals surface area (Å²) in [5.74, 6) is 0.255. The first-order valence-electron chi connectivity index (χ1n) is 7.41. The van der Waals surface area contributed by atoms with Crippen LogP contribution in [0.25, 0.3) is 0 Å². The molecule has 2 atom stereocenters. The van der Waals surface area contributed by atoms with E-state index in [1.54, 1.807) is 18.2 Å². The zero-order valence-electron chi connectivity index (χ0n) is 12.4. The lowest BCUT2D eigenvalue weighted by Crippen LogP contribution is -2.49. The first-order chi connectivity index (χ1) is 11.2. The summed E-state index contributed by atoms with van der Waals surface area (Å²) in [4.78, 5) is 24.8. The van der Waals surface area contributed by atoms with Crippen LogP contribution in [0.5, 0.6) is 5.75 Å². The Kier molecular flexibility index (Phi) is 4.76. The fourth-order valence-electron chi connectivity index (χ4n) is 2.66. The van der Waals surface area contributed by atoms with Crippen LogP contribution in [-0.4, -0.2) is 23.1 Å². The minimum absolute atomic E-state index is 0.122. The summed E-state index contributed by atoms with van der Waals surface area (Å²) in [6, 6.07) is 15.9. The van der Waals surface area contributed by atoms with Crippen molar-refractivity contribution in [1.82, 2.24) is 5.32 Å². The highest BCUT2D eigenvalue weighted by Gasteiger charge is 2.38. The van der Waals surface area contributed by atoms with Crippen molar-refractivity contribution in [3.8, 4) is 5.75 Å². The van der Waals surface area contributed by atoms with E-state index in [9.17, 15) is 9.59 Å². The molecule has 0 saturated carbocycles. The predicted octanol–water partition coefficient (Wildman–Crippen LogP) is 3.27. The van der Waals surface area contributed by atoms with E-state index in [1.807, 2.05) is 36.4 Å². The summed E-state index contributed by atoms with van der Waals surface area (Å²) in [7, 11) is 0. The number of para-hydroxylation sites is 1. The molecule has 0 saturated heterocycles. The highest BCUT2D eigenvalue weighted by atomic mass is 79.9. The SMILES string of the molecule is O=C(CCBr)N[C@@H]1C(=O)c2ccccc2O[C@@H]1c1ccccc1. The molecule has 2 aromatic rings. The van der Waals surface area contributed by atoms with Crippen molar-refractivity contribution in [3.05, 3.63) is 65.7 Å². The van der Waals surface area contributed by atoms with Gasteiger partial charge in [-0.15, -0.1) is 0 Å². The van der Waals surface area contributed by atoms with Gasteiger partial charge < -0.3 is 10.1 Å². The maximum Gasteiger partial charge on any atom is 0.221 e. The van der Waals surface area contributed by atoms with Crippen molar-refractivity contribution < 1.29 is 14.3 Å².